The predicted molar refractivity (Wildman–Crippen MR) is 74.7 cm³/mol. The number of hydrogen-bond donors (Lipinski definition) is 0. The quantitative estimate of drug-likeness (QED) is 0.679. The fraction of sp³-hybridized carbons (Fsp3) is 0.800. The monoisotopic (exact) mass is 239 g/mol. The van der Waals surface area contributed by atoms with Gasteiger partial charge in [-0.15, -0.1) is 0 Å². The van der Waals surface area contributed by atoms with Gasteiger partial charge in [0.25, 0.3) is 0 Å². The van der Waals surface area contributed by atoms with E-state index in [1.54, 1.807) is 0 Å². The second-order valence-electron chi connectivity index (χ2n) is 5.47. The molecule has 0 bridgehead atoms. The van der Waals surface area contributed by atoms with Crippen LogP contribution in [0.2, 0.25) is 0 Å². The molecule has 0 unspecified atom stereocenters. The first-order valence-corrected chi connectivity index (χ1v) is 6.74. The van der Waals surface area contributed by atoms with Crippen LogP contribution in [0.25, 0.3) is 0 Å². The Hall–Kier alpha value is -0.790. The van der Waals surface area contributed by atoms with Crippen molar-refractivity contribution in [2.24, 2.45) is 10.8 Å². The molecule has 0 aliphatic heterocycles. The molecule has 0 aliphatic rings. The summed E-state index contributed by atoms with van der Waals surface area (Å²) >= 11 is 0. The summed E-state index contributed by atoms with van der Waals surface area (Å²) in [4.78, 5) is 14.4. The molecule has 0 atom stereocenters. The van der Waals surface area contributed by atoms with Crippen LogP contribution in [0.5, 0.6) is 0 Å². The molecule has 17 heavy (non-hydrogen) atoms. The SMILES string of the molecule is CC=CN(CC)C(=O)C(C)(C)C(C)(CC)CC. The van der Waals surface area contributed by atoms with Crippen LogP contribution in [0, 0.1) is 10.8 Å². The van der Waals surface area contributed by atoms with Gasteiger partial charge in [-0.1, -0.05) is 40.7 Å². The molecule has 2 nitrogen and oxygen atoms in total. The molecule has 0 saturated carbocycles. The van der Waals surface area contributed by atoms with Gasteiger partial charge in [0, 0.05) is 18.2 Å². The molecule has 0 rings (SSSR count). The van der Waals surface area contributed by atoms with Gasteiger partial charge in [-0.05, 0) is 32.1 Å². The van der Waals surface area contributed by atoms with Crippen molar-refractivity contribution in [3.63, 3.8) is 0 Å². The lowest BCUT2D eigenvalue weighted by Gasteiger charge is -2.44. The van der Waals surface area contributed by atoms with Gasteiger partial charge in [0.15, 0.2) is 0 Å². The highest BCUT2D eigenvalue weighted by Gasteiger charge is 2.45. The maximum Gasteiger partial charge on any atom is 0.232 e. The van der Waals surface area contributed by atoms with Crippen molar-refractivity contribution in [3.8, 4) is 0 Å². The van der Waals surface area contributed by atoms with E-state index in [2.05, 4.69) is 34.6 Å². The Morgan fingerprint density at radius 3 is 1.88 bits per heavy atom. The molecule has 0 saturated heterocycles. The lowest BCUT2D eigenvalue weighted by atomic mass is 9.63. The first-order chi connectivity index (χ1) is 7.80. The molecule has 2 heteroatoms. The molecule has 0 fully saturated rings. The minimum absolute atomic E-state index is 0.0546. The van der Waals surface area contributed by atoms with E-state index in [4.69, 9.17) is 0 Å². The summed E-state index contributed by atoms with van der Waals surface area (Å²) in [6.07, 6.45) is 5.85. The van der Waals surface area contributed by atoms with Gasteiger partial charge in [-0.25, -0.2) is 0 Å². The highest BCUT2D eigenvalue weighted by molar-refractivity contribution is 5.83. The van der Waals surface area contributed by atoms with Crippen LogP contribution < -0.4 is 0 Å². The van der Waals surface area contributed by atoms with Crippen molar-refractivity contribution >= 4 is 5.91 Å². The van der Waals surface area contributed by atoms with Crippen LogP contribution in [0.3, 0.4) is 0 Å². The zero-order valence-electron chi connectivity index (χ0n) is 12.6. The van der Waals surface area contributed by atoms with Crippen LogP contribution in [-0.4, -0.2) is 17.4 Å². The van der Waals surface area contributed by atoms with E-state index in [0.717, 1.165) is 19.4 Å². The molecule has 0 heterocycles. The molecular formula is C15H29NO. The summed E-state index contributed by atoms with van der Waals surface area (Å²) in [6.45, 7) is 15.4. The van der Waals surface area contributed by atoms with Crippen molar-refractivity contribution in [1.82, 2.24) is 4.90 Å². The van der Waals surface area contributed by atoms with Gasteiger partial charge in [-0.3, -0.25) is 4.79 Å². The Bertz CT molecular complexity index is 275. The van der Waals surface area contributed by atoms with Crippen molar-refractivity contribution in [2.75, 3.05) is 6.54 Å². The minimum atomic E-state index is -0.327. The third-order valence-corrected chi connectivity index (χ3v) is 4.53. The number of hydrogen-bond acceptors (Lipinski definition) is 1. The van der Waals surface area contributed by atoms with E-state index >= 15 is 0 Å². The highest BCUT2D eigenvalue weighted by Crippen LogP contribution is 2.45. The zero-order chi connectivity index (χ0) is 13.7. The summed E-state index contributed by atoms with van der Waals surface area (Å²) < 4.78 is 0. The average molecular weight is 239 g/mol. The standard InChI is InChI=1S/C15H29NO/c1-8-12-16(11-4)13(17)14(5,6)15(7,9-2)10-3/h8,12H,9-11H2,1-7H3. The Balaban J connectivity index is 5.22. The number of amides is 1. The smallest absolute Gasteiger partial charge is 0.232 e. The summed E-state index contributed by atoms with van der Waals surface area (Å²) in [7, 11) is 0. The van der Waals surface area contributed by atoms with Gasteiger partial charge < -0.3 is 4.90 Å². The van der Waals surface area contributed by atoms with Gasteiger partial charge in [0.1, 0.15) is 0 Å². The lowest BCUT2D eigenvalue weighted by molar-refractivity contribution is -0.145. The number of carbonyl (C=O) groups excluding carboxylic acids is 1. The normalized spacial score (nSPS) is 13.1. The Labute approximate surface area is 107 Å². The maximum atomic E-state index is 12.6. The largest absolute Gasteiger partial charge is 0.319 e. The Morgan fingerprint density at radius 2 is 1.59 bits per heavy atom. The van der Waals surface area contributed by atoms with E-state index in [0.29, 0.717) is 0 Å². The number of carbonyl (C=O) groups is 1. The molecule has 0 N–H and O–H groups in total. The fourth-order valence-electron chi connectivity index (χ4n) is 2.25. The second kappa shape index (κ2) is 6.23. The summed E-state index contributed by atoms with van der Waals surface area (Å²) in [5, 5.41) is 0. The van der Waals surface area contributed by atoms with E-state index in [1.165, 1.54) is 0 Å². The van der Waals surface area contributed by atoms with Crippen molar-refractivity contribution in [1.29, 1.82) is 0 Å². The Kier molecular flexibility index (Phi) is 5.94. The van der Waals surface area contributed by atoms with Crippen LogP contribution in [0.15, 0.2) is 12.3 Å². The predicted octanol–water partition coefficient (Wildman–Crippen LogP) is 4.22. The van der Waals surface area contributed by atoms with Crippen LogP contribution in [-0.2, 0) is 4.79 Å². The number of rotatable bonds is 6. The molecule has 0 aromatic heterocycles. The minimum Gasteiger partial charge on any atom is -0.319 e. The highest BCUT2D eigenvalue weighted by atomic mass is 16.2. The van der Waals surface area contributed by atoms with E-state index < -0.39 is 0 Å². The summed E-state index contributed by atoms with van der Waals surface area (Å²) in [5.74, 6) is 0.226. The molecular weight excluding hydrogens is 210 g/mol. The van der Waals surface area contributed by atoms with Crippen LogP contribution in [0.4, 0.5) is 0 Å². The van der Waals surface area contributed by atoms with E-state index in [-0.39, 0.29) is 16.7 Å². The molecule has 0 radical (unpaired) electrons. The van der Waals surface area contributed by atoms with E-state index in [1.807, 2.05) is 31.0 Å². The number of nitrogens with zero attached hydrogens (tertiary/aromatic N) is 1. The third-order valence-electron chi connectivity index (χ3n) is 4.53. The van der Waals surface area contributed by atoms with Gasteiger partial charge in [-0.2, -0.15) is 0 Å². The van der Waals surface area contributed by atoms with E-state index in [9.17, 15) is 4.79 Å². The topological polar surface area (TPSA) is 20.3 Å². The molecule has 0 aliphatic carbocycles. The van der Waals surface area contributed by atoms with Crippen molar-refractivity contribution < 1.29 is 4.79 Å². The molecule has 0 aromatic rings. The number of allylic oxidation sites excluding steroid dienone is 1. The average Bonchev–Trinajstić information content (AvgIpc) is 2.33. The first kappa shape index (κ1) is 16.2. The summed E-state index contributed by atoms with van der Waals surface area (Å²) in [6, 6.07) is 0. The Morgan fingerprint density at radius 1 is 1.12 bits per heavy atom. The van der Waals surface area contributed by atoms with Crippen molar-refractivity contribution in [3.05, 3.63) is 12.3 Å². The van der Waals surface area contributed by atoms with Gasteiger partial charge in [0.05, 0.1) is 0 Å². The molecule has 0 aromatic carbocycles. The lowest BCUT2D eigenvalue weighted by Crippen LogP contribution is -2.47. The zero-order valence-corrected chi connectivity index (χ0v) is 12.6. The second-order valence-corrected chi connectivity index (χ2v) is 5.47. The van der Waals surface area contributed by atoms with Crippen LogP contribution >= 0.6 is 0 Å². The van der Waals surface area contributed by atoms with Gasteiger partial charge in [0.2, 0.25) is 5.91 Å². The fourth-order valence-corrected chi connectivity index (χ4v) is 2.25. The van der Waals surface area contributed by atoms with Gasteiger partial charge >= 0.3 is 0 Å². The molecule has 100 valence electrons. The first-order valence-electron chi connectivity index (χ1n) is 6.74. The maximum absolute atomic E-state index is 12.6. The molecule has 1 amide bonds. The summed E-state index contributed by atoms with van der Waals surface area (Å²) in [5.41, 5.74) is -0.273. The third kappa shape index (κ3) is 3.11. The van der Waals surface area contributed by atoms with Crippen molar-refractivity contribution in [2.45, 2.75) is 61.3 Å². The van der Waals surface area contributed by atoms with Crippen LogP contribution in [0.1, 0.15) is 61.3 Å². The molecule has 0 spiro atoms.